The van der Waals surface area contributed by atoms with Crippen molar-refractivity contribution in [1.29, 1.82) is 0 Å². The van der Waals surface area contributed by atoms with Gasteiger partial charge in [0.05, 0.1) is 23.7 Å². The maximum absolute atomic E-state index is 13.9. The highest BCUT2D eigenvalue weighted by Crippen LogP contribution is 2.35. The summed E-state index contributed by atoms with van der Waals surface area (Å²) in [4.78, 5) is 9.23. The van der Waals surface area contributed by atoms with Gasteiger partial charge in [-0.15, -0.1) is 9.24 Å². The van der Waals surface area contributed by atoms with Gasteiger partial charge in [-0.05, 0) is 61.2 Å². The van der Waals surface area contributed by atoms with Crippen molar-refractivity contribution in [2.75, 3.05) is 6.61 Å². The van der Waals surface area contributed by atoms with Crippen molar-refractivity contribution >= 4 is 37.7 Å². The predicted octanol–water partition coefficient (Wildman–Crippen LogP) is 4.15. The van der Waals surface area contributed by atoms with Crippen molar-refractivity contribution in [3.05, 3.63) is 59.3 Å². The van der Waals surface area contributed by atoms with E-state index in [0.29, 0.717) is 29.5 Å². The van der Waals surface area contributed by atoms with E-state index in [9.17, 15) is 4.39 Å². The molecule has 5 N–H and O–H groups in total. The van der Waals surface area contributed by atoms with E-state index in [1.807, 2.05) is 36.8 Å². The first-order valence-electron chi connectivity index (χ1n) is 10.8. The molecule has 3 rings (SSSR count). The third-order valence-electron chi connectivity index (χ3n) is 5.25. The van der Waals surface area contributed by atoms with Gasteiger partial charge in [-0.25, -0.2) is 5.84 Å². The van der Waals surface area contributed by atoms with Crippen molar-refractivity contribution in [3.8, 4) is 5.75 Å². The van der Waals surface area contributed by atoms with Crippen LogP contribution >= 0.6 is 9.24 Å². The Labute approximate surface area is 191 Å². The number of pyridine rings is 1. The lowest BCUT2D eigenvalue weighted by Crippen LogP contribution is -2.21. The third kappa shape index (κ3) is 6.15. The molecule has 6 nitrogen and oxygen atoms in total. The molecule has 1 aromatic carbocycles. The smallest absolute Gasteiger partial charge is 0.224 e. The highest BCUT2D eigenvalue weighted by molar-refractivity contribution is 7.27. The molecule has 170 valence electrons. The maximum atomic E-state index is 13.9. The molecule has 0 amide bonds. The monoisotopic (exact) mass is 455 g/mol. The first-order chi connectivity index (χ1) is 15.4. The number of allylic oxidation sites excluding steroid dienone is 1. The van der Waals surface area contributed by atoms with E-state index in [-0.39, 0.29) is 5.70 Å². The molecule has 1 unspecified atom stereocenters. The molecule has 2 aromatic rings. The predicted molar refractivity (Wildman–Crippen MR) is 134 cm³/mol. The zero-order valence-corrected chi connectivity index (χ0v) is 19.7. The number of unbranched alkanes of at least 4 members (excludes halogenated alkanes) is 1. The Morgan fingerprint density at radius 2 is 2.12 bits per heavy atom. The number of nitrogens with two attached hydrogens (primary N) is 2. The number of hydrazine groups is 1. The fourth-order valence-corrected chi connectivity index (χ4v) is 3.41. The molecule has 1 heterocycles. The average Bonchev–Trinajstić information content (AvgIpc) is 3.64. The molecule has 1 aliphatic rings. The van der Waals surface area contributed by atoms with Crippen LogP contribution < -0.4 is 27.0 Å². The number of nitrogens with one attached hydrogen (secondary N) is 1. The van der Waals surface area contributed by atoms with Gasteiger partial charge in [-0.1, -0.05) is 25.5 Å². The van der Waals surface area contributed by atoms with Gasteiger partial charge in [0.15, 0.2) is 0 Å². The summed E-state index contributed by atoms with van der Waals surface area (Å²) in [6.45, 7) is 4.80. The number of benzene rings is 1. The molecule has 1 atom stereocenters. The topological polar surface area (TPSA) is 98.5 Å². The van der Waals surface area contributed by atoms with Crippen molar-refractivity contribution in [3.63, 3.8) is 0 Å². The van der Waals surface area contributed by atoms with Crippen LogP contribution in [-0.2, 0) is 0 Å². The fourth-order valence-electron chi connectivity index (χ4n) is 3.16. The number of rotatable bonds is 10. The number of halogens is 1. The minimum atomic E-state index is -0.800. The van der Waals surface area contributed by atoms with E-state index in [0.717, 1.165) is 35.0 Å². The first-order valence-corrected chi connectivity index (χ1v) is 11.4. The van der Waals surface area contributed by atoms with Crippen molar-refractivity contribution in [2.45, 2.75) is 39.5 Å². The van der Waals surface area contributed by atoms with Gasteiger partial charge in [0.1, 0.15) is 5.75 Å². The largest absolute Gasteiger partial charge is 0.493 e. The highest BCUT2D eigenvalue weighted by Gasteiger charge is 2.23. The molecular weight excluding hydrogens is 424 g/mol. The van der Waals surface area contributed by atoms with Gasteiger partial charge in [-0.3, -0.25) is 15.4 Å². The number of aliphatic imine (C=N–C) groups is 1. The van der Waals surface area contributed by atoms with Crippen LogP contribution in [-0.4, -0.2) is 17.8 Å². The van der Waals surface area contributed by atoms with Gasteiger partial charge in [0, 0.05) is 23.5 Å². The van der Waals surface area contributed by atoms with Crippen LogP contribution in [0.4, 0.5) is 4.39 Å². The molecule has 1 saturated carbocycles. The van der Waals surface area contributed by atoms with Crippen molar-refractivity contribution in [2.24, 2.45) is 22.5 Å². The summed E-state index contributed by atoms with van der Waals surface area (Å²) in [6, 6.07) is 9.42. The van der Waals surface area contributed by atoms with Crippen LogP contribution in [0, 0.1) is 5.92 Å². The molecule has 0 aliphatic heterocycles. The Morgan fingerprint density at radius 1 is 1.34 bits per heavy atom. The average molecular weight is 456 g/mol. The Balaban J connectivity index is 2.09. The molecule has 32 heavy (non-hydrogen) atoms. The molecule has 0 spiro atoms. The van der Waals surface area contributed by atoms with E-state index in [1.165, 1.54) is 12.8 Å². The van der Waals surface area contributed by atoms with Gasteiger partial charge >= 0.3 is 0 Å². The number of nitrogens with zero attached hydrogens (tertiary/aromatic N) is 2. The van der Waals surface area contributed by atoms with Crippen LogP contribution in [0.3, 0.4) is 0 Å². The Kier molecular flexibility index (Phi) is 8.37. The van der Waals surface area contributed by atoms with E-state index in [4.69, 9.17) is 21.3 Å². The SMILES string of the molecule is CCC/C=N\C(=C(/C)c1ccc(P)cc1OCC1CC1)c1cc(/C(N)=C(\F)NN)ccn1. The number of hydrogen-bond acceptors (Lipinski definition) is 6. The quantitative estimate of drug-likeness (QED) is 0.164. The summed E-state index contributed by atoms with van der Waals surface area (Å²) in [7, 11) is 2.71. The zero-order chi connectivity index (χ0) is 23.1. The summed E-state index contributed by atoms with van der Waals surface area (Å²) < 4.78 is 20.1. The normalized spacial score (nSPS) is 15.4. The van der Waals surface area contributed by atoms with Gasteiger partial charge < -0.3 is 10.5 Å². The standard InChI is InChI=1S/C24H31FN5OP/c1-3-4-10-29-23(20-12-17(9-11-28-20)22(26)24(25)30-27)15(2)19-8-7-18(32)13-21(19)31-14-16-5-6-16/h7-13,16,30H,3-6,14,26-27,32H2,1-2H3/b23-15+,24-22-,29-10-. The Bertz CT molecular complexity index is 1050. The second-order valence-electron chi connectivity index (χ2n) is 7.89. The Hall–Kier alpha value is -2.76. The second-order valence-corrected chi connectivity index (χ2v) is 8.55. The third-order valence-corrected chi connectivity index (χ3v) is 5.61. The van der Waals surface area contributed by atoms with Crippen molar-refractivity contribution in [1.82, 2.24) is 10.4 Å². The van der Waals surface area contributed by atoms with Crippen LogP contribution in [0.1, 0.15) is 56.4 Å². The van der Waals surface area contributed by atoms with Crippen molar-refractivity contribution < 1.29 is 9.13 Å². The second kappa shape index (κ2) is 11.2. The van der Waals surface area contributed by atoms with E-state index in [2.05, 4.69) is 21.1 Å². The van der Waals surface area contributed by atoms with Crippen LogP contribution in [0.15, 0.2) is 47.5 Å². The molecule has 0 radical (unpaired) electrons. The number of hydrogen-bond donors (Lipinski definition) is 3. The minimum Gasteiger partial charge on any atom is -0.493 e. The molecule has 8 heteroatoms. The summed E-state index contributed by atoms with van der Waals surface area (Å²) in [6.07, 6.45) is 7.71. The summed E-state index contributed by atoms with van der Waals surface area (Å²) in [5, 5.41) is 1.05. The molecule has 1 aliphatic carbocycles. The minimum absolute atomic E-state index is 0.0912. The van der Waals surface area contributed by atoms with E-state index < -0.39 is 5.95 Å². The van der Waals surface area contributed by atoms with Gasteiger partial charge in [0.2, 0.25) is 5.95 Å². The molecule has 0 bridgehead atoms. The number of aromatic nitrogens is 1. The first kappa shape index (κ1) is 23.9. The lowest BCUT2D eigenvalue weighted by atomic mass is 10.0. The summed E-state index contributed by atoms with van der Waals surface area (Å²) in [5.41, 5.74) is 11.4. The highest BCUT2D eigenvalue weighted by atomic mass is 31.0. The molecular formula is C24H31FN5OP. The van der Waals surface area contributed by atoms with Crippen LogP contribution in [0.2, 0.25) is 0 Å². The van der Waals surface area contributed by atoms with E-state index >= 15 is 0 Å². The van der Waals surface area contributed by atoms with Crippen LogP contribution in [0.5, 0.6) is 5.75 Å². The zero-order valence-electron chi connectivity index (χ0n) is 18.6. The fraction of sp³-hybridized carbons (Fsp3) is 0.333. The number of ether oxygens (including phenoxy) is 1. The van der Waals surface area contributed by atoms with E-state index in [1.54, 1.807) is 18.3 Å². The van der Waals surface area contributed by atoms with Gasteiger partial charge in [-0.2, -0.15) is 4.39 Å². The summed E-state index contributed by atoms with van der Waals surface area (Å²) >= 11 is 0. The summed E-state index contributed by atoms with van der Waals surface area (Å²) in [5.74, 6) is 5.83. The lowest BCUT2D eigenvalue weighted by Gasteiger charge is -2.15. The van der Waals surface area contributed by atoms with Gasteiger partial charge in [0.25, 0.3) is 0 Å². The molecule has 1 aromatic heterocycles. The lowest BCUT2D eigenvalue weighted by molar-refractivity contribution is 0.299. The molecule has 0 saturated heterocycles. The maximum Gasteiger partial charge on any atom is 0.224 e. The van der Waals surface area contributed by atoms with Crippen LogP contribution in [0.25, 0.3) is 17.0 Å². The Morgan fingerprint density at radius 3 is 2.81 bits per heavy atom. The molecule has 1 fully saturated rings.